The molecule has 0 amide bonds. The maximum absolute atomic E-state index is 5.40. The second-order valence-corrected chi connectivity index (χ2v) is 3.66. The number of nitrogens with one attached hydrogen (secondary N) is 1. The van der Waals surface area contributed by atoms with Gasteiger partial charge in [0.2, 0.25) is 0 Å². The highest BCUT2D eigenvalue weighted by molar-refractivity contribution is 5.05. The lowest BCUT2D eigenvalue weighted by atomic mass is 10.1. The minimum absolute atomic E-state index is 0.276. The van der Waals surface area contributed by atoms with Crippen LogP contribution in [0.5, 0.6) is 0 Å². The van der Waals surface area contributed by atoms with Crippen LogP contribution >= 0.6 is 0 Å². The van der Waals surface area contributed by atoms with Crippen molar-refractivity contribution in [2.45, 2.75) is 45.2 Å². The summed E-state index contributed by atoms with van der Waals surface area (Å²) >= 11 is 0. The van der Waals surface area contributed by atoms with E-state index in [1.54, 1.807) is 6.26 Å². The van der Waals surface area contributed by atoms with E-state index in [4.69, 9.17) is 10.8 Å². The fourth-order valence-corrected chi connectivity index (χ4v) is 1.64. The van der Waals surface area contributed by atoms with Gasteiger partial charge in [-0.2, -0.15) is 0 Å². The third kappa shape index (κ3) is 3.45. The third-order valence-electron chi connectivity index (χ3n) is 2.59. The Bertz CT molecular complexity index is 297. The number of furan rings is 1. The maximum atomic E-state index is 5.40. The SMILES string of the molecule is C#CCC(CC)NC(CC)c1ccco1. The molecule has 1 rings (SSSR count). The first-order chi connectivity index (χ1) is 7.31. The molecule has 1 aromatic heterocycles. The van der Waals surface area contributed by atoms with Crippen molar-refractivity contribution < 1.29 is 4.42 Å². The van der Waals surface area contributed by atoms with Crippen molar-refractivity contribution in [2.75, 3.05) is 0 Å². The topological polar surface area (TPSA) is 25.2 Å². The summed E-state index contributed by atoms with van der Waals surface area (Å²) in [6.45, 7) is 4.28. The Hall–Kier alpha value is -1.20. The summed E-state index contributed by atoms with van der Waals surface area (Å²) in [6, 6.07) is 4.58. The second kappa shape index (κ2) is 6.31. The molecule has 0 aliphatic heterocycles. The van der Waals surface area contributed by atoms with Crippen LogP contribution in [0.2, 0.25) is 0 Å². The Morgan fingerprint density at radius 2 is 2.27 bits per heavy atom. The molecule has 0 saturated carbocycles. The Kier molecular flexibility index (Phi) is 5.00. The van der Waals surface area contributed by atoms with Gasteiger partial charge in [0.15, 0.2) is 0 Å². The van der Waals surface area contributed by atoms with Crippen LogP contribution in [0.4, 0.5) is 0 Å². The number of terminal acetylenes is 1. The van der Waals surface area contributed by atoms with Gasteiger partial charge < -0.3 is 9.73 Å². The molecule has 2 heteroatoms. The van der Waals surface area contributed by atoms with Gasteiger partial charge in [-0.3, -0.25) is 0 Å². The molecular weight excluding hydrogens is 186 g/mol. The van der Waals surface area contributed by atoms with Gasteiger partial charge in [-0.15, -0.1) is 12.3 Å². The highest BCUT2D eigenvalue weighted by atomic mass is 16.3. The summed E-state index contributed by atoms with van der Waals surface area (Å²) in [5.41, 5.74) is 0. The van der Waals surface area contributed by atoms with Gasteiger partial charge in [0.25, 0.3) is 0 Å². The van der Waals surface area contributed by atoms with Gasteiger partial charge in [0, 0.05) is 12.5 Å². The largest absolute Gasteiger partial charge is 0.468 e. The molecule has 0 saturated heterocycles. The first-order valence-electron chi connectivity index (χ1n) is 5.54. The van der Waals surface area contributed by atoms with E-state index < -0.39 is 0 Å². The summed E-state index contributed by atoms with van der Waals surface area (Å²) < 4.78 is 5.40. The maximum Gasteiger partial charge on any atom is 0.120 e. The van der Waals surface area contributed by atoms with Gasteiger partial charge in [-0.05, 0) is 25.0 Å². The van der Waals surface area contributed by atoms with E-state index in [-0.39, 0.29) is 6.04 Å². The van der Waals surface area contributed by atoms with Crippen LogP contribution in [0.15, 0.2) is 22.8 Å². The van der Waals surface area contributed by atoms with Crippen LogP contribution in [0.3, 0.4) is 0 Å². The molecule has 0 aliphatic rings. The Labute approximate surface area is 92.1 Å². The minimum Gasteiger partial charge on any atom is -0.468 e. The molecule has 2 unspecified atom stereocenters. The summed E-state index contributed by atoms with van der Waals surface area (Å²) in [4.78, 5) is 0. The molecule has 1 heterocycles. The summed E-state index contributed by atoms with van der Waals surface area (Å²) in [6.07, 6.45) is 9.86. The van der Waals surface area contributed by atoms with Crippen molar-refractivity contribution in [3.8, 4) is 12.3 Å². The summed E-state index contributed by atoms with van der Waals surface area (Å²) in [5.74, 6) is 3.69. The molecule has 1 N–H and O–H groups in total. The monoisotopic (exact) mass is 205 g/mol. The summed E-state index contributed by atoms with van der Waals surface area (Å²) in [5, 5.41) is 3.52. The normalized spacial score (nSPS) is 14.5. The van der Waals surface area contributed by atoms with Crippen LogP contribution in [-0.2, 0) is 0 Å². The molecule has 82 valence electrons. The predicted molar refractivity (Wildman–Crippen MR) is 62.4 cm³/mol. The zero-order chi connectivity index (χ0) is 11.1. The van der Waals surface area contributed by atoms with Crippen molar-refractivity contribution in [1.29, 1.82) is 0 Å². The first-order valence-corrected chi connectivity index (χ1v) is 5.54. The fraction of sp³-hybridized carbons (Fsp3) is 0.538. The van der Waals surface area contributed by atoms with Crippen molar-refractivity contribution in [3.05, 3.63) is 24.2 Å². The van der Waals surface area contributed by atoms with E-state index in [0.29, 0.717) is 6.04 Å². The van der Waals surface area contributed by atoms with Crippen LogP contribution < -0.4 is 5.32 Å². The molecular formula is C13H19NO. The lowest BCUT2D eigenvalue weighted by Crippen LogP contribution is -2.31. The quantitative estimate of drug-likeness (QED) is 0.722. The number of rotatable bonds is 6. The standard InChI is InChI=1S/C13H19NO/c1-4-8-11(5-2)14-12(6-3)13-9-7-10-15-13/h1,7,9-12,14H,5-6,8H2,2-3H3. The Balaban J connectivity index is 2.57. The van der Waals surface area contributed by atoms with Gasteiger partial charge in [0.05, 0.1) is 12.3 Å². The van der Waals surface area contributed by atoms with Crippen LogP contribution in [0.1, 0.15) is 44.9 Å². The van der Waals surface area contributed by atoms with Gasteiger partial charge >= 0.3 is 0 Å². The third-order valence-corrected chi connectivity index (χ3v) is 2.59. The lowest BCUT2D eigenvalue weighted by Gasteiger charge is -2.21. The molecule has 15 heavy (non-hydrogen) atoms. The van der Waals surface area contributed by atoms with Crippen molar-refractivity contribution in [3.63, 3.8) is 0 Å². The molecule has 0 aromatic carbocycles. The van der Waals surface area contributed by atoms with Crippen LogP contribution in [0.25, 0.3) is 0 Å². The fourth-order valence-electron chi connectivity index (χ4n) is 1.64. The predicted octanol–water partition coefficient (Wildman–Crippen LogP) is 3.12. The number of hydrogen-bond donors (Lipinski definition) is 1. The van der Waals surface area contributed by atoms with E-state index >= 15 is 0 Å². The first kappa shape index (κ1) is 11.9. The molecule has 0 spiro atoms. The van der Waals surface area contributed by atoms with Crippen LogP contribution in [0, 0.1) is 12.3 Å². The molecule has 1 aromatic rings. The summed E-state index contributed by atoms with van der Waals surface area (Å²) in [7, 11) is 0. The molecule has 0 aliphatic carbocycles. The molecule has 0 bridgehead atoms. The smallest absolute Gasteiger partial charge is 0.120 e. The Morgan fingerprint density at radius 3 is 2.73 bits per heavy atom. The van der Waals surface area contributed by atoms with Crippen molar-refractivity contribution in [1.82, 2.24) is 5.32 Å². The van der Waals surface area contributed by atoms with Gasteiger partial charge in [0.1, 0.15) is 5.76 Å². The molecule has 2 atom stereocenters. The zero-order valence-electron chi connectivity index (χ0n) is 9.49. The average Bonchev–Trinajstić information content (AvgIpc) is 2.77. The average molecular weight is 205 g/mol. The lowest BCUT2D eigenvalue weighted by molar-refractivity contribution is 0.360. The van der Waals surface area contributed by atoms with E-state index in [0.717, 1.165) is 25.0 Å². The highest BCUT2D eigenvalue weighted by Crippen LogP contribution is 2.18. The minimum atomic E-state index is 0.276. The number of hydrogen-bond acceptors (Lipinski definition) is 2. The molecule has 0 fully saturated rings. The molecule has 2 nitrogen and oxygen atoms in total. The van der Waals surface area contributed by atoms with Gasteiger partial charge in [-0.1, -0.05) is 13.8 Å². The second-order valence-electron chi connectivity index (χ2n) is 3.66. The van der Waals surface area contributed by atoms with Crippen molar-refractivity contribution in [2.24, 2.45) is 0 Å². The molecule has 0 radical (unpaired) electrons. The van der Waals surface area contributed by atoms with Crippen LogP contribution in [-0.4, -0.2) is 6.04 Å². The van der Waals surface area contributed by atoms with E-state index in [1.165, 1.54) is 0 Å². The Morgan fingerprint density at radius 1 is 1.47 bits per heavy atom. The van der Waals surface area contributed by atoms with Gasteiger partial charge in [-0.25, -0.2) is 0 Å². The zero-order valence-corrected chi connectivity index (χ0v) is 9.49. The van der Waals surface area contributed by atoms with E-state index in [1.807, 2.05) is 12.1 Å². The van der Waals surface area contributed by atoms with E-state index in [9.17, 15) is 0 Å². The van der Waals surface area contributed by atoms with Crippen molar-refractivity contribution >= 4 is 0 Å². The van der Waals surface area contributed by atoms with E-state index in [2.05, 4.69) is 25.1 Å². The highest BCUT2D eigenvalue weighted by Gasteiger charge is 2.15.